The molecular weight excluding hydrogens is 444 g/mol. The van der Waals surface area contributed by atoms with E-state index < -0.39 is 15.5 Å². The molecule has 2 aromatic rings. The number of hydrogen-bond acceptors (Lipinski definition) is 5. The molecule has 174 valence electrons. The summed E-state index contributed by atoms with van der Waals surface area (Å²) in [6.07, 6.45) is 13.6. The first-order valence-corrected chi connectivity index (χ1v) is 11.1. The summed E-state index contributed by atoms with van der Waals surface area (Å²) in [4.78, 5) is 13.4. The molecule has 0 amide bonds. The van der Waals surface area contributed by atoms with Crippen LogP contribution in [-0.2, 0) is 13.1 Å². The average Bonchev–Trinajstić information content (AvgIpc) is 3.01. The monoisotopic (exact) mass is 466 g/mol. The molecule has 0 fully saturated rings. The lowest BCUT2D eigenvalue weighted by Crippen LogP contribution is -2.54. The Balaban J connectivity index is 1.78. The summed E-state index contributed by atoms with van der Waals surface area (Å²) < 4.78 is 1.96. The second-order valence-corrected chi connectivity index (χ2v) is 8.35. The highest BCUT2D eigenvalue weighted by Crippen LogP contribution is 2.42. The maximum atomic E-state index is 12.5. The van der Waals surface area contributed by atoms with Gasteiger partial charge in [-0.2, -0.15) is 9.48 Å². The molecule has 1 atom stereocenters. The minimum atomic E-state index is -1.37. The molecule has 2 aromatic carbocycles. The van der Waals surface area contributed by atoms with Gasteiger partial charge in [-0.1, -0.05) is 78.9 Å². The summed E-state index contributed by atoms with van der Waals surface area (Å²) >= 11 is 0. The van der Waals surface area contributed by atoms with Crippen LogP contribution in [0.15, 0.2) is 121 Å². The second kappa shape index (κ2) is 8.90. The average molecular weight is 466 g/mol. The summed E-state index contributed by atoms with van der Waals surface area (Å²) in [5.74, 6) is 0. The molecule has 8 heteroatoms. The summed E-state index contributed by atoms with van der Waals surface area (Å²) in [6, 6.07) is 19.4. The number of hydrogen-bond donors (Lipinski definition) is 0. The first-order chi connectivity index (χ1) is 17.0. The standard InChI is InChI=1S/C27H22N4O4/c32-30(33)23-16-17-27(26(18-23)31(34)35)28(19-21-10-4-1-5-11-21)24-14-8-3-9-15-25(24)29(27)20-22-12-6-2-7-13-22/h1-18H,19-20H2. The zero-order valence-corrected chi connectivity index (χ0v) is 18.7. The van der Waals surface area contributed by atoms with E-state index in [-0.39, 0.29) is 11.4 Å². The van der Waals surface area contributed by atoms with E-state index in [0.717, 1.165) is 28.6 Å². The van der Waals surface area contributed by atoms with Gasteiger partial charge in [-0.25, -0.2) is 0 Å². The largest absolute Gasteiger partial charge is 0.612 e. The Kier molecular flexibility index (Phi) is 5.62. The van der Waals surface area contributed by atoms with Crippen LogP contribution in [0, 0.1) is 20.5 Å². The van der Waals surface area contributed by atoms with Crippen LogP contribution in [-0.4, -0.2) is 36.4 Å². The molecule has 5 rings (SSSR count). The van der Waals surface area contributed by atoms with Crippen LogP contribution in [0.25, 0.3) is 0 Å². The molecule has 1 heterocycles. The first-order valence-electron chi connectivity index (χ1n) is 11.1. The molecule has 2 aliphatic carbocycles. The van der Waals surface area contributed by atoms with E-state index >= 15 is 0 Å². The van der Waals surface area contributed by atoms with E-state index in [1.807, 2.05) is 101 Å². The third-order valence-corrected chi connectivity index (χ3v) is 6.32. The fraction of sp³-hybridized carbons (Fsp3) is 0.111. The lowest BCUT2D eigenvalue weighted by Gasteiger charge is -2.33. The minimum Gasteiger partial charge on any atom is -0.612 e. The summed E-state index contributed by atoms with van der Waals surface area (Å²) in [6.45, 7) is 0.735. The summed E-state index contributed by atoms with van der Waals surface area (Å²) in [7, 11) is 0. The van der Waals surface area contributed by atoms with Crippen LogP contribution in [0.3, 0.4) is 0 Å². The maximum Gasteiger partial charge on any atom is 0.351 e. The van der Waals surface area contributed by atoms with Gasteiger partial charge in [0.2, 0.25) is 11.4 Å². The van der Waals surface area contributed by atoms with Gasteiger partial charge in [0.25, 0.3) is 0 Å². The molecule has 1 unspecified atom stereocenters. The van der Waals surface area contributed by atoms with E-state index in [0.29, 0.717) is 13.1 Å². The van der Waals surface area contributed by atoms with Gasteiger partial charge in [-0.3, -0.25) is 15.0 Å². The molecular formula is C27H22N4O4. The highest BCUT2D eigenvalue weighted by Gasteiger charge is 2.64. The van der Waals surface area contributed by atoms with Crippen LogP contribution in [0.4, 0.5) is 0 Å². The summed E-state index contributed by atoms with van der Waals surface area (Å²) in [5, 5.41) is 35.6. The molecule has 0 aromatic heterocycles. The van der Waals surface area contributed by atoms with Gasteiger partial charge in [0.15, 0.2) is 6.54 Å². The van der Waals surface area contributed by atoms with Crippen LogP contribution < -0.4 is 0 Å². The van der Waals surface area contributed by atoms with Crippen molar-refractivity contribution in [2.45, 2.75) is 18.8 Å². The Hall–Kier alpha value is -4.72. The number of rotatable bonds is 5. The topological polar surface area (TPSA) is 98.5 Å². The molecule has 0 radical (unpaired) electrons. The third kappa shape index (κ3) is 3.85. The van der Waals surface area contributed by atoms with Gasteiger partial charge in [-0.05, 0) is 11.6 Å². The van der Waals surface area contributed by atoms with Crippen molar-refractivity contribution < 1.29 is 14.4 Å². The van der Waals surface area contributed by atoms with E-state index in [9.17, 15) is 20.5 Å². The molecule has 3 aliphatic rings. The molecule has 35 heavy (non-hydrogen) atoms. The number of benzene rings is 2. The maximum absolute atomic E-state index is 12.5. The lowest BCUT2D eigenvalue weighted by molar-refractivity contribution is -0.640. The van der Waals surface area contributed by atoms with Crippen LogP contribution >= 0.6 is 0 Å². The Morgan fingerprint density at radius 1 is 0.857 bits per heavy atom. The molecule has 1 aliphatic heterocycles. The van der Waals surface area contributed by atoms with Crippen molar-refractivity contribution in [3.63, 3.8) is 0 Å². The van der Waals surface area contributed by atoms with Crippen molar-refractivity contribution in [1.82, 2.24) is 4.90 Å². The smallest absolute Gasteiger partial charge is 0.351 e. The molecule has 1 spiro atoms. The van der Waals surface area contributed by atoms with Gasteiger partial charge < -0.3 is 10.4 Å². The van der Waals surface area contributed by atoms with Gasteiger partial charge in [-0.15, -0.1) is 0 Å². The normalized spacial score (nSPS) is 20.6. The molecule has 0 saturated carbocycles. The molecule has 0 N–H and O–H groups in total. The minimum absolute atomic E-state index is 0.266. The van der Waals surface area contributed by atoms with E-state index in [4.69, 9.17) is 0 Å². The zero-order chi connectivity index (χ0) is 24.4. The van der Waals surface area contributed by atoms with E-state index in [1.165, 1.54) is 6.08 Å². The van der Waals surface area contributed by atoms with Gasteiger partial charge in [0.05, 0.1) is 17.5 Å². The Bertz CT molecular complexity index is 1380. The van der Waals surface area contributed by atoms with Crippen molar-refractivity contribution in [3.8, 4) is 0 Å². The first kappa shape index (κ1) is 22.1. The Labute approximate surface area is 202 Å². The van der Waals surface area contributed by atoms with Crippen LogP contribution in [0.1, 0.15) is 11.1 Å². The van der Waals surface area contributed by atoms with Crippen molar-refractivity contribution in [1.29, 1.82) is 0 Å². The Morgan fingerprint density at radius 2 is 1.54 bits per heavy atom. The van der Waals surface area contributed by atoms with Crippen molar-refractivity contribution in [2.24, 2.45) is 0 Å². The molecule has 0 saturated heterocycles. The third-order valence-electron chi connectivity index (χ3n) is 6.32. The predicted molar refractivity (Wildman–Crippen MR) is 133 cm³/mol. The van der Waals surface area contributed by atoms with Crippen molar-refractivity contribution in [2.75, 3.05) is 0 Å². The predicted octanol–water partition coefficient (Wildman–Crippen LogP) is 4.04. The zero-order valence-electron chi connectivity index (χ0n) is 18.7. The van der Waals surface area contributed by atoms with E-state index in [1.54, 1.807) is 6.08 Å². The molecule has 0 bridgehead atoms. The molecule has 8 nitrogen and oxygen atoms in total. The van der Waals surface area contributed by atoms with Gasteiger partial charge in [0.1, 0.15) is 5.70 Å². The van der Waals surface area contributed by atoms with Crippen LogP contribution in [0.2, 0.25) is 0 Å². The highest BCUT2D eigenvalue weighted by atomic mass is 16.8. The van der Waals surface area contributed by atoms with Gasteiger partial charge >= 0.3 is 11.4 Å². The fourth-order valence-electron chi connectivity index (χ4n) is 4.78. The Morgan fingerprint density at radius 3 is 2.20 bits per heavy atom. The van der Waals surface area contributed by atoms with Crippen molar-refractivity contribution >= 4 is 11.4 Å². The number of fused-ring (bicyclic) bond motifs is 1. The van der Waals surface area contributed by atoms with Crippen molar-refractivity contribution in [3.05, 3.63) is 152 Å². The number of nitrogens with zero attached hydrogens (tertiary/aromatic N) is 4. The van der Waals surface area contributed by atoms with Gasteiger partial charge in [0, 0.05) is 23.8 Å². The summed E-state index contributed by atoms with van der Waals surface area (Å²) in [5.41, 5.74) is 1.58. The number of allylic oxidation sites excluding steroid dienone is 7. The fourth-order valence-corrected chi connectivity index (χ4v) is 4.78. The highest BCUT2D eigenvalue weighted by molar-refractivity contribution is 6.07. The van der Waals surface area contributed by atoms with Crippen LogP contribution in [0.5, 0.6) is 0 Å². The number of nitro groups is 1. The van der Waals surface area contributed by atoms with E-state index in [2.05, 4.69) is 0 Å². The SMILES string of the molecule is O=[N+]([O-])C1=CC(=[N+]([O-])[O-])C=CC12N(Cc1ccccc1)C1=CC=CC=CC1=[N+]2Cc1ccccc1. The lowest BCUT2D eigenvalue weighted by atomic mass is 9.95. The quantitative estimate of drug-likeness (QED) is 0.287. The second-order valence-electron chi connectivity index (χ2n) is 8.35.